The molecule has 0 unspecified atom stereocenters. The first-order valence-corrected chi connectivity index (χ1v) is 12.4. The van der Waals surface area contributed by atoms with E-state index < -0.39 is 0 Å². The number of carbonyl (C=O) groups is 1. The fourth-order valence-electron chi connectivity index (χ4n) is 3.80. The van der Waals surface area contributed by atoms with E-state index in [1.54, 1.807) is 0 Å². The van der Waals surface area contributed by atoms with Gasteiger partial charge in [-0.05, 0) is 19.4 Å². The van der Waals surface area contributed by atoms with E-state index in [0.29, 0.717) is 25.8 Å². The number of nitrogens with two attached hydrogens (primary N) is 2. The van der Waals surface area contributed by atoms with Gasteiger partial charge in [-0.2, -0.15) is 5.26 Å². The van der Waals surface area contributed by atoms with Crippen LogP contribution in [0.1, 0.15) is 26.4 Å². The topological polar surface area (TPSA) is 131 Å². The second kappa shape index (κ2) is 8.83. The molecule has 0 aliphatic rings. The number of nitrogens with one attached hydrogen (secondary N) is 1. The Labute approximate surface area is 209 Å². The molecule has 5 N–H and O–H groups in total. The quantitative estimate of drug-likeness (QED) is 0.280. The van der Waals surface area contributed by atoms with E-state index in [4.69, 9.17) is 11.5 Å². The van der Waals surface area contributed by atoms with Gasteiger partial charge in [0.2, 0.25) is 0 Å². The SMILES string of the molecule is Cc1ccc(-c2csc(NC(=O)c3sc4nc(N)c(C#N)c(-c5ccc(C)cc5)c4c3N)n2)cc1. The number of hydrogen-bond acceptors (Lipinski definition) is 8. The summed E-state index contributed by atoms with van der Waals surface area (Å²) in [6.45, 7) is 4.01. The minimum absolute atomic E-state index is 0.103. The van der Waals surface area contributed by atoms with Crippen molar-refractivity contribution < 1.29 is 4.79 Å². The average molecular weight is 497 g/mol. The van der Waals surface area contributed by atoms with Gasteiger partial charge in [0, 0.05) is 21.9 Å². The largest absolute Gasteiger partial charge is 0.397 e. The lowest BCUT2D eigenvalue weighted by Crippen LogP contribution is -2.11. The van der Waals surface area contributed by atoms with Crippen LogP contribution in [0.5, 0.6) is 0 Å². The Hall–Kier alpha value is -4.26. The Morgan fingerprint density at radius 2 is 1.60 bits per heavy atom. The molecule has 2 aromatic carbocycles. The standard InChI is InChI=1S/C26H20N6OS2/c1-13-3-7-15(8-4-13)18-12-34-26(30-18)32-24(33)22-21(28)20-19(16-9-5-14(2)6-10-16)17(11-27)23(29)31-25(20)35-22/h3-10,12H,28H2,1-2H3,(H2,29,31)(H,30,32,33). The van der Waals surface area contributed by atoms with Crippen molar-refractivity contribution in [2.24, 2.45) is 0 Å². The van der Waals surface area contributed by atoms with Crippen molar-refractivity contribution in [1.29, 1.82) is 5.26 Å². The van der Waals surface area contributed by atoms with E-state index in [9.17, 15) is 10.1 Å². The number of nitriles is 1. The smallest absolute Gasteiger partial charge is 0.269 e. The molecular formula is C26H20N6OS2. The van der Waals surface area contributed by atoms with Crippen LogP contribution in [0.25, 0.3) is 32.6 Å². The van der Waals surface area contributed by atoms with Crippen LogP contribution in [0, 0.1) is 25.2 Å². The van der Waals surface area contributed by atoms with Gasteiger partial charge in [-0.3, -0.25) is 10.1 Å². The number of pyridine rings is 1. The number of rotatable bonds is 4. The molecule has 7 nitrogen and oxygen atoms in total. The van der Waals surface area contributed by atoms with E-state index >= 15 is 0 Å². The number of aromatic nitrogens is 2. The lowest BCUT2D eigenvalue weighted by atomic mass is 9.96. The molecule has 5 rings (SSSR count). The zero-order valence-electron chi connectivity index (χ0n) is 18.9. The van der Waals surface area contributed by atoms with Gasteiger partial charge in [0.15, 0.2) is 5.13 Å². The molecular weight excluding hydrogens is 476 g/mol. The minimum atomic E-state index is -0.387. The Morgan fingerprint density at radius 3 is 2.23 bits per heavy atom. The zero-order valence-corrected chi connectivity index (χ0v) is 20.6. The number of benzene rings is 2. The highest BCUT2D eigenvalue weighted by Crippen LogP contribution is 2.43. The number of nitrogen functional groups attached to an aromatic ring is 2. The first-order chi connectivity index (χ1) is 16.9. The molecule has 3 aromatic heterocycles. The minimum Gasteiger partial charge on any atom is -0.397 e. The third kappa shape index (κ3) is 4.10. The number of aryl methyl sites for hydroxylation is 2. The molecule has 0 saturated carbocycles. The summed E-state index contributed by atoms with van der Waals surface area (Å²) < 4.78 is 0. The first kappa shape index (κ1) is 22.5. The molecule has 9 heteroatoms. The van der Waals surface area contributed by atoms with Gasteiger partial charge in [-0.25, -0.2) is 9.97 Å². The molecule has 1 amide bonds. The van der Waals surface area contributed by atoms with Gasteiger partial charge in [0.1, 0.15) is 27.2 Å². The molecule has 0 saturated heterocycles. The van der Waals surface area contributed by atoms with Crippen molar-refractivity contribution in [3.05, 3.63) is 75.5 Å². The molecule has 5 aromatic rings. The number of nitrogens with zero attached hydrogens (tertiary/aromatic N) is 3. The van der Waals surface area contributed by atoms with Gasteiger partial charge < -0.3 is 11.5 Å². The first-order valence-electron chi connectivity index (χ1n) is 10.7. The molecule has 0 aliphatic heterocycles. The van der Waals surface area contributed by atoms with Crippen molar-refractivity contribution in [3.63, 3.8) is 0 Å². The fourth-order valence-corrected chi connectivity index (χ4v) is 5.52. The van der Waals surface area contributed by atoms with Gasteiger partial charge in [0.25, 0.3) is 5.91 Å². The number of amides is 1. The summed E-state index contributed by atoms with van der Waals surface area (Å²) in [5, 5.41) is 15.5. The Kier molecular flexibility index (Phi) is 5.68. The summed E-state index contributed by atoms with van der Waals surface area (Å²) in [5.41, 5.74) is 18.5. The molecule has 0 atom stereocenters. The van der Waals surface area contributed by atoms with E-state index in [1.165, 1.54) is 11.3 Å². The molecule has 0 spiro atoms. The molecule has 0 fully saturated rings. The summed E-state index contributed by atoms with van der Waals surface area (Å²) in [5.74, 6) is -0.284. The molecule has 172 valence electrons. The summed E-state index contributed by atoms with van der Waals surface area (Å²) in [6.07, 6.45) is 0. The number of hydrogen-bond donors (Lipinski definition) is 3. The highest BCUT2D eigenvalue weighted by atomic mass is 32.1. The molecule has 0 radical (unpaired) electrons. The Balaban J connectivity index is 1.54. The zero-order chi connectivity index (χ0) is 24.7. The van der Waals surface area contributed by atoms with Crippen molar-refractivity contribution >= 4 is 55.4 Å². The van der Waals surface area contributed by atoms with Crippen molar-refractivity contribution in [2.45, 2.75) is 13.8 Å². The van der Waals surface area contributed by atoms with Crippen molar-refractivity contribution in [3.8, 4) is 28.5 Å². The predicted molar refractivity (Wildman–Crippen MR) is 144 cm³/mol. The predicted octanol–water partition coefficient (Wildman–Crippen LogP) is 5.99. The summed E-state index contributed by atoms with van der Waals surface area (Å²) in [7, 11) is 0. The number of thiophene rings is 1. The Morgan fingerprint density at radius 1 is 0.971 bits per heavy atom. The van der Waals surface area contributed by atoms with E-state index in [0.717, 1.165) is 39.3 Å². The molecule has 0 bridgehead atoms. The van der Waals surface area contributed by atoms with Crippen LogP contribution in [-0.4, -0.2) is 15.9 Å². The van der Waals surface area contributed by atoms with E-state index in [-0.39, 0.29) is 23.0 Å². The van der Waals surface area contributed by atoms with Crippen LogP contribution in [0.4, 0.5) is 16.6 Å². The van der Waals surface area contributed by atoms with Gasteiger partial charge in [0.05, 0.1) is 11.4 Å². The highest BCUT2D eigenvalue weighted by Gasteiger charge is 2.24. The van der Waals surface area contributed by atoms with Crippen LogP contribution >= 0.6 is 22.7 Å². The number of fused-ring (bicyclic) bond motifs is 1. The second-order valence-corrected chi connectivity index (χ2v) is 9.97. The van der Waals surface area contributed by atoms with Gasteiger partial charge in [-0.15, -0.1) is 22.7 Å². The molecule has 3 heterocycles. The van der Waals surface area contributed by atoms with Crippen LogP contribution < -0.4 is 16.8 Å². The monoisotopic (exact) mass is 496 g/mol. The third-order valence-corrected chi connectivity index (χ3v) is 7.49. The summed E-state index contributed by atoms with van der Waals surface area (Å²) in [6, 6.07) is 17.9. The lowest BCUT2D eigenvalue weighted by Gasteiger charge is -2.10. The van der Waals surface area contributed by atoms with Crippen LogP contribution in [0.15, 0.2) is 53.9 Å². The van der Waals surface area contributed by atoms with Gasteiger partial charge >= 0.3 is 0 Å². The fraction of sp³-hybridized carbons (Fsp3) is 0.0769. The number of carbonyl (C=O) groups excluding carboxylic acids is 1. The van der Waals surface area contributed by atoms with E-state index in [1.807, 2.05) is 67.8 Å². The average Bonchev–Trinajstić information content (AvgIpc) is 3.43. The van der Waals surface area contributed by atoms with Crippen molar-refractivity contribution in [1.82, 2.24) is 9.97 Å². The number of anilines is 3. The second-order valence-electron chi connectivity index (χ2n) is 8.11. The van der Waals surface area contributed by atoms with Crippen LogP contribution in [-0.2, 0) is 0 Å². The maximum absolute atomic E-state index is 13.2. The maximum atomic E-state index is 13.2. The molecule has 35 heavy (non-hydrogen) atoms. The lowest BCUT2D eigenvalue weighted by molar-refractivity contribution is 0.103. The highest BCUT2D eigenvalue weighted by molar-refractivity contribution is 7.21. The number of thiazole rings is 1. The summed E-state index contributed by atoms with van der Waals surface area (Å²) in [4.78, 5) is 22.9. The third-order valence-electron chi connectivity index (χ3n) is 5.63. The Bertz CT molecular complexity index is 1630. The van der Waals surface area contributed by atoms with Crippen LogP contribution in [0.3, 0.4) is 0 Å². The molecule has 0 aliphatic carbocycles. The van der Waals surface area contributed by atoms with Crippen LogP contribution in [0.2, 0.25) is 0 Å². The van der Waals surface area contributed by atoms with Gasteiger partial charge in [-0.1, -0.05) is 59.7 Å². The normalized spacial score (nSPS) is 10.9. The summed E-state index contributed by atoms with van der Waals surface area (Å²) >= 11 is 2.48. The van der Waals surface area contributed by atoms with Crippen molar-refractivity contribution in [2.75, 3.05) is 16.8 Å². The van der Waals surface area contributed by atoms with E-state index in [2.05, 4.69) is 21.4 Å². The maximum Gasteiger partial charge on any atom is 0.269 e.